The summed E-state index contributed by atoms with van der Waals surface area (Å²) in [5.74, 6) is -1.26. The number of para-hydroxylation sites is 1. The molecule has 0 atom stereocenters. The Labute approximate surface area is 158 Å². The van der Waals surface area contributed by atoms with Crippen LogP contribution in [-0.2, 0) is 4.79 Å². The number of amides is 2. The lowest BCUT2D eigenvalue weighted by molar-refractivity contribution is -0.384. The first-order chi connectivity index (χ1) is 12.2. The van der Waals surface area contributed by atoms with E-state index in [0.29, 0.717) is 0 Å². The van der Waals surface area contributed by atoms with E-state index < -0.39 is 16.7 Å². The van der Waals surface area contributed by atoms with Crippen molar-refractivity contribution in [3.63, 3.8) is 0 Å². The van der Waals surface area contributed by atoms with E-state index in [0.717, 1.165) is 6.07 Å². The van der Waals surface area contributed by atoms with Gasteiger partial charge < -0.3 is 16.0 Å². The van der Waals surface area contributed by atoms with Crippen molar-refractivity contribution >= 4 is 52.1 Å². The predicted molar refractivity (Wildman–Crippen MR) is 100.0 cm³/mol. The number of nitrogens with zero attached hydrogens (tertiary/aromatic N) is 2. The Morgan fingerprint density at radius 2 is 1.85 bits per heavy atom. The molecular weight excluding hydrogens is 383 g/mol. The topological polar surface area (TPSA) is 119 Å². The molecule has 2 amide bonds. The number of benzene rings is 2. The molecular formula is C16H14Cl2N4O4. The summed E-state index contributed by atoms with van der Waals surface area (Å²) in [6.45, 7) is -0.210. The lowest BCUT2D eigenvalue weighted by Crippen LogP contribution is -2.30. The molecule has 8 nitrogen and oxygen atoms in total. The van der Waals surface area contributed by atoms with Crippen LogP contribution < -0.4 is 16.0 Å². The number of hydrogen-bond acceptors (Lipinski definition) is 5. The summed E-state index contributed by atoms with van der Waals surface area (Å²) in [4.78, 5) is 35.4. The van der Waals surface area contributed by atoms with Gasteiger partial charge in [0.05, 0.1) is 27.2 Å². The van der Waals surface area contributed by atoms with Gasteiger partial charge in [-0.3, -0.25) is 19.7 Å². The molecule has 0 saturated carbocycles. The maximum atomic E-state index is 12.2. The summed E-state index contributed by atoms with van der Waals surface area (Å²) in [7, 11) is 1.50. The molecule has 2 aromatic carbocycles. The Hall–Kier alpha value is -2.84. The normalized spacial score (nSPS) is 10.3. The highest BCUT2D eigenvalue weighted by Crippen LogP contribution is 2.31. The van der Waals surface area contributed by atoms with Crippen molar-refractivity contribution in [2.75, 3.05) is 23.8 Å². The second kappa shape index (κ2) is 8.03. The third kappa shape index (κ3) is 4.41. The van der Waals surface area contributed by atoms with Gasteiger partial charge in [0.2, 0.25) is 11.8 Å². The highest BCUT2D eigenvalue weighted by molar-refractivity contribution is 6.39. The third-order valence-electron chi connectivity index (χ3n) is 3.48. The zero-order valence-electron chi connectivity index (χ0n) is 13.5. The number of halogens is 2. The highest BCUT2D eigenvalue weighted by Gasteiger charge is 2.21. The van der Waals surface area contributed by atoms with Gasteiger partial charge in [-0.25, -0.2) is 0 Å². The number of anilines is 2. The van der Waals surface area contributed by atoms with Crippen LogP contribution in [-0.4, -0.2) is 30.3 Å². The lowest BCUT2D eigenvalue weighted by atomic mass is 10.1. The Morgan fingerprint density at radius 3 is 2.38 bits per heavy atom. The van der Waals surface area contributed by atoms with Gasteiger partial charge in [-0.2, -0.15) is 0 Å². The minimum Gasteiger partial charge on any atom is -0.366 e. The molecule has 10 heteroatoms. The zero-order chi connectivity index (χ0) is 19.4. The van der Waals surface area contributed by atoms with Crippen molar-refractivity contribution < 1.29 is 14.5 Å². The summed E-state index contributed by atoms with van der Waals surface area (Å²) in [6, 6.07) is 8.55. The van der Waals surface area contributed by atoms with Gasteiger partial charge in [-0.05, 0) is 24.3 Å². The Balaban J connectivity index is 2.21. The van der Waals surface area contributed by atoms with Gasteiger partial charge in [0.15, 0.2) is 0 Å². The number of nitrogens with two attached hydrogens (primary N) is 1. The van der Waals surface area contributed by atoms with Crippen LogP contribution in [0.5, 0.6) is 0 Å². The van der Waals surface area contributed by atoms with Crippen LogP contribution in [0.2, 0.25) is 10.0 Å². The van der Waals surface area contributed by atoms with Crippen LogP contribution in [0.15, 0.2) is 36.4 Å². The number of likely N-dealkylation sites (N-methyl/N-ethyl adjacent to an activating group) is 1. The SMILES string of the molecule is CN(CC(=O)Nc1c(Cl)cccc1Cl)c1ccc(C(N)=O)cc1[N+](=O)[O-]. The number of carbonyl (C=O) groups is 2. The molecule has 0 aliphatic rings. The Kier molecular flexibility index (Phi) is 6.01. The Bertz CT molecular complexity index is 868. The summed E-state index contributed by atoms with van der Waals surface area (Å²) >= 11 is 12.0. The number of nitro benzene ring substituents is 1. The minimum absolute atomic E-state index is 0.00107. The molecule has 2 rings (SSSR count). The first kappa shape index (κ1) is 19.5. The van der Waals surface area contributed by atoms with Gasteiger partial charge >= 0.3 is 0 Å². The van der Waals surface area contributed by atoms with E-state index in [-0.39, 0.29) is 39.2 Å². The van der Waals surface area contributed by atoms with Crippen molar-refractivity contribution in [3.8, 4) is 0 Å². The van der Waals surface area contributed by atoms with Gasteiger partial charge in [0.25, 0.3) is 5.69 Å². The molecule has 2 aromatic rings. The molecule has 26 heavy (non-hydrogen) atoms. The molecule has 0 radical (unpaired) electrons. The smallest absolute Gasteiger partial charge is 0.293 e. The molecule has 0 saturated heterocycles. The largest absolute Gasteiger partial charge is 0.366 e. The van der Waals surface area contributed by atoms with E-state index in [1.807, 2.05) is 0 Å². The predicted octanol–water partition coefficient (Wildman–Crippen LogP) is 3.08. The fraction of sp³-hybridized carbons (Fsp3) is 0.125. The third-order valence-corrected chi connectivity index (χ3v) is 4.11. The molecule has 0 aliphatic heterocycles. The van der Waals surface area contributed by atoms with Gasteiger partial charge in [0.1, 0.15) is 5.69 Å². The van der Waals surface area contributed by atoms with Crippen molar-refractivity contribution in [3.05, 3.63) is 62.1 Å². The molecule has 0 unspecified atom stereocenters. The van der Waals surface area contributed by atoms with Crippen LogP contribution in [0.3, 0.4) is 0 Å². The standard InChI is InChI=1S/C16H14Cl2N4O4/c1-21(8-14(23)20-15-10(17)3-2-4-11(15)18)12-6-5-9(16(19)24)7-13(12)22(25)26/h2-7H,8H2,1H3,(H2,19,24)(H,20,23). The first-order valence-electron chi connectivity index (χ1n) is 7.24. The molecule has 0 bridgehead atoms. The van der Waals surface area contributed by atoms with E-state index in [2.05, 4.69) is 5.32 Å². The molecule has 0 aliphatic carbocycles. The second-order valence-corrected chi connectivity index (χ2v) is 6.14. The summed E-state index contributed by atoms with van der Waals surface area (Å²) in [6.07, 6.45) is 0. The van der Waals surface area contributed by atoms with Crippen molar-refractivity contribution in [1.82, 2.24) is 0 Å². The molecule has 136 valence electrons. The van der Waals surface area contributed by atoms with Crippen molar-refractivity contribution in [2.24, 2.45) is 5.73 Å². The van der Waals surface area contributed by atoms with Gasteiger partial charge in [-0.15, -0.1) is 0 Å². The second-order valence-electron chi connectivity index (χ2n) is 5.33. The quantitative estimate of drug-likeness (QED) is 0.574. The van der Waals surface area contributed by atoms with E-state index in [1.54, 1.807) is 18.2 Å². The number of rotatable bonds is 6. The number of nitro groups is 1. The minimum atomic E-state index is -0.784. The van der Waals surface area contributed by atoms with E-state index in [9.17, 15) is 19.7 Å². The van der Waals surface area contributed by atoms with E-state index in [4.69, 9.17) is 28.9 Å². The van der Waals surface area contributed by atoms with E-state index >= 15 is 0 Å². The van der Waals surface area contributed by atoms with Crippen LogP contribution in [0.25, 0.3) is 0 Å². The average Bonchev–Trinajstić information content (AvgIpc) is 2.57. The van der Waals surface area contributed by atoms with Gasteiger partial charge in [-0.1, -0.05) is 29.3 Å². The van der Waals surface area contributed by atoms with Crippen LogP contribution >= 0.6 is 23.2 Å². The lowest BCUT2D eigenvalue weighted by Gasteiger charge is -2.19. The monoisotopic (exact) mass is 396 g/mol. The van der Waals surface area contributed by atoms with Crippen LogP contribution in [0, 0.1) is 10.1 Å². The van der Waals surface area contributed by atoms with Crippen LogP contribution in [0.1, 0.15) is 10.4 Å². The molecule has 3 N–H and O–H groups in total. The number of nitrogens with one attached hydrogen (secondary N) is 1. The summed E-state index contributed by atoms with van der Waals surface area (Å²) in [5, 5.41) is 14.4. The van der Waals surface area contributed by atoms with Crippen molar-refractivity contribution in [2.45, 2.75) is 0 Å². The first-order valence-corrected chi connectivity index (χ1v) is 7.99. The maximum Gasteiger partial charge on any atom is 0.293 e. The fourth-order valence-electron chi connectivity index (χ4n) is 2.24. The number of carbonyl (C=O) groups excluding carboxylic acids is 2. The zero-order valence-corrected chi connectivity index (χ0v) is 15.0. The molecule has 0 aromatic heterocycles. The Morgan fingerprint density at radius 1 is 1.23 bits per heavy atom. The van der Waals surface area contributed by atoms with E-state index in [1.165, 1.54) is 24.1 Å². The number of primary amides is 1. The van der Waals surface area contributed by atoms with Crippen LogP contribution in [0.4, 0.5) is 17.1 Å². The van der Waals surface area contributed by atoms with Crippen molar-refractivity contribution in [1.29, 1.82) is 0 Å². The van der Waals surface area contributed by atoms with Gasteiger partial charge in [0, 0.05) is 18.7 Å². The molecule has 0 heterocycles. The number of hydrogen-bond donors (Lipinski definition) is 2. The molecule has 0 fully saturated rings. The maximum absolute atomic E-state index is 12.2. The highest BCUT2D eigenvalue weighted by atomic mass is 35.5. The summed E-state index contributed by atoms with van der Waals surface area (Å²) < 4.78 is 0. The fourth-order valence-corrected chi connectivity index (χ4v) is 2.73. The average molecular weight is 397 g/mol. The summed E-state index contributed by atoms with van der Waals surface area (Å²) in [5.41, 5.74) is 5.21. The molecule has 0 spiro atoms.